The minimum Gasteiger partial charge on any atom is -0.465 e. The number of hydrogen-bond acceptors (Lipinski definition) is 5. The summed E-state index contributed by atoms with van der Waals surface area (Å²) in [6, 6.07) is 12.7. The third-order valence-corrected chi connectivity index (χ3v) is 8.84. The molecule has 1 atom stereocenters. The van der Waals surface area contributed by atoms with Gasteiger partial charge in [-0.05, 0) is 81.3 Å². The standard InChI is InChI=1S/C26H32N2O5S/c1-4-33-25(30)26(13-14-26)21-9-11-22(12-10-21)27-24(29)20-6-5-15-28(17-20)34(31,32)23-16-18(2)7-8-19(23)3/h7-12,16,20H,4-6,13-15,17H2,1-3H3,(H,27,29)/t20-/m0/s1. The van der Waals surface area contributed by atoms with E-state index >= 15 is 0 Å². The lowest BCUT2D eigenvalue weighted by Crippen LogP contribution is -2.43. The number of esters is 1. The Hall–Kier alpha value is -2.71. The molecular weight excluding hydrogens is 452 g/mol. The quantitative estimate of drug-likeness (QED) is 0.601. The molecule has 0 spiro atoms. The molecule has 1 saturated heterocycles. The van der Waals surface area contributed by atoms with Gasteiger partial charge in [0.15, 0.2) is 0 Å². The summed E-state index contributed by atoms with van der Waals surface area (Å²) in [6.45, 7) is 6.38. The third-order valence-electron chi connectivity index (χ3n) is 6.84. The first-order chi connectivity index (χ1) is 16.2. The van der Waals surface area contributed by atoms with Crippen molar-refractivity contribution in [1.29, 1.82) is 0 Å². The zero-order valence-corrected chi connectivity index (χ0v) is 20.8. The zero-order chi connectivity index (χ0) is 24.5. The van der Waals surface area contributed by atoms with Crippen LogP contribution in [-0.2, 0) is 29.8 Å². The Labute approximate surface area is 201 Å². The molecule has 1 aliphatic heterocycles. The maximum absolute atomic E-state index is 13.3. The molecular formula is C26H32N2O5S. The Bertz CT molecular complexity index is 1190. The van der Waals surface area contributed by atoms with Gasteiger partial charge in [0.05, 0.1) is 22.8 Å². The van der Waals surface area contributed by atoms with Crippen molar-refractivity contribution in [2.75, 3.05) is 25.0 Å². The largest absolute Gasteiger partial charge is 0.465 e. The maximum Gasteiger partial charge on any atom is 0.316 e. The van der Waals surface area contributed by atoms with Crippen LogP contribution in [-0.4, -0.2) is 44.3 Å². The first-order valence-corrected chi connectivity index (χ1v) is 13.3. The molecule has 1 N–H and O–H groups in total. The van der Waals surface area contributed by atoms with Crippen LogP contribution in [0.5, 0.6) is 0 Å². The Morgan fingerprint density at radius 3 is 2.47 bits per heavy atom. The van der Waals surface area contributed by atoms with Crippen molar-refractivity contribution < 1.29 is 22.7 Å². The molecule has 2 aliphatic rings. The Kier molecular flexibility index (Phi) is 6.82. The fourth-order valence-electron chi connectivity index (χ4n) is 4.62. The van der Waals surface area contributed by atoms with Crippen molar-refractivity contribution in [2.45, 2.75) is 56.8 Å². The summed E-state index contributed by atoms with van der Waals surface area (Å²) in [5.41, 5.74) is 2.56. The molecule has 182 valence electrons. The van der Waals surface area contributed by atoms with Gasteiger partial charge < -0.3 is 10.1 Å². The van der Waals surface area contributed by atoms with E-state index in [1.54, 1.807) is 32.0 Å². The lowest BCUT2D eigenvalue weighted by molar-refractivity contribution is -0.146. The number of nitrogens with one attached hydrogen (secondary N) is 1. The first kappa shape index (κ1) is 24.4. The van der Waals surface area contributed by atoms with E-state index in [9.17, 15) is 18.0 Å². The number of ether oxygens (including phenoxy) is 1. The predicted octanol–water partition coefficient (Wildman–Crippen LogP) is 3.94. The van der Waals surface area contributed by atoms with E-state index in [0.717, 1.165) is 24.0 Å². The summed E-state index contributed by atoms with van der Waals surface area (Å²) in [5, 5.41) is 2.92. The zero-order valence-electron chi connectivity index (χ0n) is 20.0. The Morgan fingerprint density at radius 1 is 1.12 bits per heavy atom. The number of sulfonamides is 1. The monoisotopic (exact) mass is 484 g/mol. The van der Waals surface area contributed by atoms with Crippen molar-refractivity contribution in [3.05, 3.63) is 59.2 Å². The van der Waals surface area contributed by atoms with Gasteiger partial charge >= 0.3 is 5.97 Å². The van der Waals surface area contributed by atoms with Crippen LogP contribution in [0.2, 0.25) is 0 Å². The number of nitrogens with zero attached hydrogens (tertiary/aromatic N) is 1. The minimum absolute atomic E-state index is 0.158. The molecule has 1 aliphatic carbocycles. The molecule has 2 aromatic rings. The van der Waals surface area contributed by atoms with Gasteiger partial charge in [0, 0.05) is 18.8 Å². The number of rotatable bonds is 7. The average Bonchev–Trinajstić information content (AvgIpc) is 3.63. The summed E-state index contributed by atoms with van der Waals surface area (Å²) >= 11 is 0. The van der Waals surface area contributed by atoms with Crippen LogP contribution >= 0.6 is 0 Å². The molecule has 1 heterocycles. The van der Waals surface area contributed by atoms with Gasteiger partial charge in [-0.25, -0.2) is 8.42 Å². The highest BCUT2D eigenvalue weighted by molar-refractivity contribution is 7.89. The molecule has 1 amide bonds. The SMILES string of the molecule is CCOC(=O)C1(c2ccc(NC(=O)[C@H]3CCCN(S(=O)(=O)c4cc(C)ccc4C)C3)cc2)CC1. The van der Waals surface area contributed by atoms with Gasteiger partial charge in [-0.1, -0.05) is 24.3 Å². The van der Waals surface area contributed by atoms with E-state index in [2.05, 4.69) is 5.32 Å². The van der Waals surface area contributed by atoms with Crippen molar-refractivity contribution in [3.63, 3.8) is 0 Å². The topological polar surface area (TPSA) is 92.8 Å². The van der Waals surface area contributed by atoms with Gasteiger partial charge in [0.2, 0.25) is 15.9 Å². The lowest BCUT2D eigenvalue weighted by Gasteiger charge is -2.31. The summed E-state index contributed by atoms with van der Waals surface area (Å²) in [6.07, 6.45) is 2.80. The molecule has 0 aromatic heterocycles. The van der Waals surface area contributed by atoms with Crippen LogP contribution < -0.4 is 5.32 Å². The summed E-state index contributed by atoms with van der Waals surface area (Å²) in [7, 11) is -3.67. The average molecular weight is 485 g/mol. The number of anilines is 1. The van der Waals surface area contributed by atoms with E-state index < -0.39 is 21.4 Å². The summed E-state index contributed by atoms with van der Waals surface area (Å²) in [4.78, 5) is 25.6. The van der Waals surface area contributed by atoms with E-state index in [4.69, 9.17) is 4.74 Å². The van der Waals surface area contributed by atoms with Crippen LogP contribution in [0.25, 0.3) is 0 Å². The minimum atomic E-state index is -3.67. The molecule has 0 unspecified atom stereocenters. The molecule has 7 nitrogen and oxygen atoms in total. The van der Waals surface area contributed by atoms with E-state index in [-0.39, 0.29) is 18.4 Å². The van der Waals surface area contributed by atoms with Gasteiger partial charge in [0.25, 0.3) is 0 Å². The molecule has 2 aromatic carbocycles. The van der Waals surface area contributed by atoms with E-state index in [1.165, 1.54) is 4.31 Å². The van der Waals surface area contributed by atoms with Crippen molar-refractivity contribution >= 4 is 27.6 Å². The number of piperidine rings is 1. The Morgan fingerprint density at radius 2 is 1.82 bits per heavy atom. The summed E-state index contributed by atoms with van der Waals surface area (Å²) < 4.78 is 33.2. The van der Waals surface area contributed by atoms with E-state index in [1.807, 2.05) is 31.2 Å². The van der Waals surface area contributed by atoms with E-state index in [0.29, 0.717) is 42.1 Å². The highest BCUT2D eigenvalue weighted by Gasteiger charge is 2.52. The molecule has 8 heteroatoms. The fraction of sp³-hybridized carbons (Fsp3) is 0.462. The number of amides is 1. The molecule has 0 bridgehead atoms. The van der Waals surface area contributed by atoms with Crippen molar-refractivity contribution in [3.8, 4) is 0 Å². The smallest absolute Gasteiger partial charge is 0.316 e. The number of hydrogen-bond donors (Lipinski definition) is 1. The number of carbonyl (C=O) groups is 2. The summed E-state index contributed by atoms with van der Waals surface area (Å²) in [5.74, 6) is -0.818. The van der Waals surface area contributed by atoms with Crippen LogP contribution in [0.1, 0.15) is 49.3 Å². The van der Waals surface area contributed by atoms with Crippen LogP contribution in [0, 0.1) is 19.8 Å². The highest BCUT2D eigenvalue weighted by atomic mass is 32.2. The molecule has 0 radical (unpaired) electrons. The predicted molar refractivity (Wildman–Crippen MR) is 130 cm³/mol. The molecule has 34 heavy (non-hydrogen) atoms. The highest BCUT2D eigenvalue weighted by Crippen LogP contribution is 2.49. The maximum atomic E-state index is 13.3. The second kappa shape index (κ2) is 9.50. The first-order valence-electron chi connectivity index (χ1n) is 11.8. The van der Waals surface area contributed by atoms with Crippen molar-refractivity contribution in [2.24, 2.45) is 5.92 Å². The molecule has 1 saturated carbocycles. The van der Waals surface area contributed by atoms with Crippen LogP contribution in [0.3, 0.4) is 0 Å². The van der Waals surface area contributed by atoms with Crippen LogP contribution in [0.15, 0.2) is 47.4 Å². The fourth-order valence-corrected chi connectivity index (χ4v) is 6.45. The van der Waals surface area contributed by atoms with Crippen LogP contribution in [0.4, 0.5) is 5.69 Å². The second-order valence-electron chi connectivity index (χ2n) is 9.34. The third kappa shape index (κ3) is 4.74. The van der Waals surface area contributed by atoms with Crippen molar-refractivity contribution in [1.82, 2.24) is 4.31 Å². The lowest BCUT2D eigenvalue weighted by atomic mass is 9.95. The van der Waals surface area contributed by atoms with Gasteiger partial charge in [-0.3, -0.25) is 9.59 Å². The van der Waals surface area contributed by atoms with Gasteiger partial charge in [-0.2, -0.15) is 4.31 Å². The number of carbonyl (C=O) groups excluding carboxylic acids is 2. The second-order valence-corrected chi connectivity index (χ2v) is 11.2. The number of benzene rings is 2. The normalized spacial score (nSPS) is 19.9. The Balaban J connectivity index is 1.43. The number of aryl methyl sites for hydroxylation is 2. The molecule has 4 rings (SSSR count). The van der Waals surface area contributed by atoms with Gasteiger partial charge in [0.1, 0.15) is 0 Å². The van der Waals surface area contributed by atoms with Gasteiger partial charge in [-0.15, -0.1) is 0 Å². The molecule has 2 fully saturated rings.